The van der Waals surface area contributed by atoms with E-state index in [1.807, 2.05) is 6.08 Å². The Labute approximate surface area is 472 Å². The van der Waals surface area contributed by atoms with Crippen molar-refractivity contribution in [1.29, 1.82) is 0 Å². The topological polar surface area (TPSA) is 307 Å². The zero-order chi connectivity index (χ0) is 57.6. The number of aliphatic hydroxyl groups excluding tert-OH is 11. The Kier molecular flexibility index (Phi) is 39.0. The molecule has 0 aliphatic carbocycles. The van der Waals surface area contributed by atoms with Crippen LogP contribution in [0.5, 0.6) is 0 Å². The third kappa shape index (κ3) is 27.3. The van der Waals surface area contributed by atoms with E-state index in [1.165, 1.54) is 103 Å². The van der Waals surface area contributed by atoms with Crippen LogP contribution in [0.1, 0.15) is 194 Å². The third-order valence-electron chi connectivity index (χ3n) is 15.1. The lowest BCUT2D eigenvalue weighted by Gasteiger charge is -2.48. The summed E-state index contributed by atoms with van der Waals surface area (Å²) in [6, 6.07) is -0.992. The van der Waals surface area contributed by atoms with Gasteiger partial charge in [0.05, 0.1) is 38.6 Å². The van der Waals surface area contributed by atoms with E-state index in [0.29, 0.717) is 12.8 Å². The van der Waals surface area contributed by atoms with Gasteiger partial charge in [-0.1, -0.05) is 172 Å². The van der Waals surface area contributed by atoms with Crippen LogP contribution in [-0.2, 0) is 33.2 Å². The van der Waals surface area contributed by atoms with Crippen LogP contribution < -0.4 is 5.32 Å². The minimum atomic E-state index is -1.98. The average molecular weight is 1130 g/mol. The van der Waals surface area contributed by atoms with E-state index in [9.17, 15) is 61.0 Å². The number of unbranched alkanes of at least 4 members (excludes halogenated alkanes) is 22. The molecule has 0 bridgehead atoms. The fourth-order valence-electron chi connectivity index (χ4n) is 10.1. The van der Waals surface area contributed by atoms with Crippen LogP contribution >= 0.6 is 0 Å². The van der Waals surface area contributed by atoms with Crippen LogP contribution in [0, 0.1) is 0 Å². The van der Waals surface area contributed by atoms with Gasteiger partial charge in [-0.3, -0.25) is 4.79 Å². The van der Waals surface area contributed by atoms with Gasteiger partial charge in [0.2, 0.25) is 5.91 Å². The first-order valence-electron chi connectivity index (χ1n) is 30.4. The number of hydrogen-bond donors (Lipinski definition) is 12. The summed E-state index contributed by atoms with van der Waals surface area (Å²) in [5.41, 5.74) is 0. The van der Waals surface area contributed by atoms with E-state index in [2.05, 4.69) is 55.6 Å². The van der Waals surface area contributed by atoms with Gasteiger partial charge in [0.1, 0.15) is 73.2 Å². The molecule has 79 heavy (non-hydrogen) atoms. The van der Waals surface area contributed by atoms with Crippen LogP contribution in [0.15, 0.2) is 48.6 Å². The molecule has 0 aromatic carbocycles. The molecule has 3 heterocycles. The van der Waals surface area contributed by atoms with Gasteiger partial charge >= 0.3 is 0 Å². The van der Waals surface area contributed by atoms with Gasteiger partial charge in [0, 0.05) is 6.42 Å². The number of carbonyl (C=O) groups is 1. The SMILES string of the molecule is CCCCCCC/C=C\C/C=C\CCCCCCCCCCCC(=O)NC(COC1OC(CO)C(OC2OC(CO)C(OC3OC(CO)C(O)C(O)C3O)C(O)C2O)C(O)C1O)C(O)/C=C/CC/C=C/CCCCCCCCC. The number of allylic oxidation sites excluding steroid dienone is 7. The zero-order valence-corrected chi connectivity index (χ0v) is 47.8. The highest BCUT2D eigenvalue weighted by Gasteiger charge is 2.53. The molecule has 19 nitrogen and oxygen atoms in total. The van der Waals surface area contributed by atoms with E-state index in [4.69, 9.17) is 28.4 Å². The smallest absolute Gasteiger partial charge is 0.220 e. The van der Waals surface area contributed by atoms with E-state index >= 15 is 0 Å². The molecular weight excluding hydrogens is 1020 g/mol. The van der Waals surface area contributed by atoms with Crippen molar-refractivity contribution < 1.29 is 89.4 Å². The number of carbonyl (C=O) groups excluding carboxylic acids is 1. The number of amides is 1. The summed E-state index contributed by atoms with van der Waals surface area (Å²) in [6.45, 7) is 1.66. The fraction of sp³-hybridized carbons (Fsp3) is 0.850. The molecule has 3 aliphatic rings. The summed E-state index contributed by atoms with van der Waals surface area (Å²) < 4.78 is 34.2. The standard InChI is InChI=1S/C60H107NO18/c1-3-5-7-9-11-13-15-17-18-19-20-21-22-23-24-26-28-30-32-34-36-38-48(66)61-43(44(65)37-35-33-31-29-27-25-16-14-12-10-8-6-4-2)42-74-58-54(72)51(69)56(46(40-63)76-58)79-60-55(73)52(70)57(47(41-64)77-60)78-59-53(71)50(68)49(67)45(39-62)75-59/h15,17,19-20,27,29,35,37,43-47,49-60,62-65,67-73H,3-14,16,18,21-26,28,30-34,36,38-42H2,1-2H3,(H,61,66)/b17-15-,20-19-,29-27+,37-35+. The number of rotatable bonds is 44. The third-order valence-corrected chi connectivity index (χ3v) is 15.1. The molecule has 460 valence electrons. The lowest BCUT2D eigenvalue weighted by Crippen LogP contribution is -2.66. The first-order chi connectivity index (χ1) is 38.3. The number of aliphatic hydroxyl groups is 11. The number of ether oxygens (including phenoxy) is 6. The summed E-state index contributed by atoms with van der Waals surface area (Å²) in [7, 11) is 0. The Hall–Kier alpha value is -2.25. The molecule has 17 atom stereocenters. The van der Waals surface area contributed by atoms with E-state index in [-0.39, 0.29) is 18.9 Å². The molecular formula is C60H107NO18. The quantitative estimate of drug-likeness (QED) is 0.0265. The van der Waals surface area contributed by atoms with Gasteiger partial charge in [0.15, 0.2) is 18.9 Å². The predicted molar refractivity (Wildman–Crippen MR) is 300 cm³/mol. The van der Waals surface area contributed by atoms with Crippen molar-refractivity contribution in [3.63, 3.8) is 0 Å². The first-order valence-corrected chi connectivity index (χ1v) is 30.4. The Bertz CT molecular complexity index is 1630. The monoisotopic (exact) mass is 1130 g/mol. The minimum Gasteiger partial charge on any atom is -0.394 e. The predicted octanol–water partition coefficient (Wildman–Crippen LogP) is 5.48. The van der Waals surface area contributed by atoms with Gasteiger partial charge < -0.3 is 89.9 Å². The average Bonchev–Trinajstić information content (AvgIpc) is 3.45. The van der Waals surface area contributed by atoms with Crippen LogP contribution in [0.2, 0.25) is 0 Å². The molecule has 0 spiro atoms. The molecule has 12 N–H and O–H groups in total. The maximum atomic E-state index is 13.3. The van der Waals surface area contributed by atoms with Crippen molar-refractivity contribution in [2.45, 2.75) is 298 Å². The van der Waals surface area contributed by atoms with Gasteiger partial charge in [-0.15, -0.1) is 0 Å². The van der Waals surface area contributed by atoms with Gasteiger partial charge in [-0.2, -0.15) is 0 Å². The van der Waals surface area contributed by atoms with Gasteiger partial charge in [0.25, 0.3) is 0 Å². The van der Waals surface area contributed by atoms with Crippen molar-refractivity contribution in [1.82, 2.24) is 5.32 Å². The van der Waals surface area contributed by atoms with Crippen molar-refractivity contribution in [3.05, 3.63) is 48.6 Å². The molecule has 0 saturated carbocycles. The Morgan fingerprint density at radius 2 is 0.848 bits per heavy atom. The molecule has 3 aliphatic heterocycles. The second kappa shape index (κ2) is 43.4. The van der Waals surface area contributed by atoms with E-state index in [0.717, 1.165) is 57.8 Å². The highest BCUT2D eigenvalue weighted by molar-refractivity contribution is 5.76. The summed E-state index contributed by atoms with van der Waals surface area (Å²) >= 11 is 0. The normalized spacial score (nSPS) is 30.6. The highest BCUT2D eigenvalue weighted by atomic mass is 16.8. The highest BCUT2D eigenvalue weighted by Crippen LogP contribution is 2.33. The second-order valence-corrected chi connectivity index (χ2v) is 21.8. The van der Waals surface area contributed by atoms with Crippen molar-refractivity contribution >= 4 is 5.91 Å². The van der Waals surface area contributed by atoms with Crippen LogP contribution in [0.3, 0.4) is 0 Å². The Balaban J connectivity index is 1.49. The maximum absolute atomic E-state index is 13.3. The molecule has 0 aromatic rings. The second-order valence-electron chi connectivity index (χ2n) is 21.8. The molecule has 17 unspecified atom stereocenters. The van der Waals surface area contributed by atoms with Crippen molar-refractivity contribution in [3.8, 4) is 0 Å². The molecule has 3 saturated heterocycles. The Morgan fingerprint density at radius 3 is 1.34 bits per heavy atom. The largest absolute Gasteiger partial charge is 0.394 e. The molecule has 19 heteroatoms. The molecule has 0 radical (unpaired) electrons. The van der Waals surface area contributed by atoms with Crippen LogP contribution in [0.25, 0.3) is 0 Å². The molecule has 0 aromatic heterocycles. The summed E-state index contributed by atoms with van der Waals surface area (Å²) in [5.74, 6) is -0.292. The van der Waals surface area contributed by atoms with Crippen LogP contribution in [0.4, 0.5) is 0 Å². The summed E-state index contributed by atoms with van der Waals surface area (Å²) in [5, 5.41) is 120. The zero-order valence-electron chi connectivity index (χ0n) is 47.8. The molecule has 1 amide bonds. The lowest BCUT2D eigenvalue weighted by atomic mass is 9.96. The lowest BCUT2D eigenvalue weighted by molar-refractivity contribution is -0.379. The van der Waals surface area contributed by atoms with Crippen LogP contribution in [-0.4, -0.2) is 193 Å². The fourth-order valence-corrected chi connectivity index (χ4v) is 10.1. The first kappa shape index (κ1) is 71.0. The summed E-state index contributed by atoms with van der Waals surface area (Å²) in [6.07, 6.45) is 20.9. The molecule has 3 fully saturated rings. The Morgan fingerprint density at radius 1 is 0.456 bits per heavy atom. The minimum absolute atomic E-state index is 0.229. The maximum Gasteiger partial charge on any atom is 0.220 e. The number of nitrogens with one attached hydrogen (secondary N) is 1. The van der Waals surface area contributed by atoms with Crippen molar-refractivity contribution in [2.75, 3.05) is 26.4 Å². The van der Waals surface area contributed by atoms with E-state index < -0.39 is 124 Å². The number of hydrogen-bond acceptors (Lipinski definition) is 18. The van der Waals surface area contributed by atoms with E-state index in [1.54, 1.807) is 6.08 Å². The van der Waals surface area contributed by atoms with Gasteiger partial charge in [-0.25, -0.2) is 0 Å². The molecule has 3 rings (SSSR count). The van der Waals surface area contributed by atoms with Crippen molar-refractivity contribution in [2.24, 2.45) is 0 Å². The van der Waals surface area contributed by atoms with Gasteiger partial charge in [-0.05, 0) is 64.2 Å². The summed E-state index contributed by atoms with van der Waals surface area (Å²) in [4.78, 5) is 13.3.